The molecule has 0 aliphatic carbocycles. The van der Waals surface area contributed by atoms with Gasteiger partial charge in [0.1, 0.15) is 11.7 Å². The third-order valence-electron chi connectivity index (χ3n) is 4.58. The quantitative estimate of drug-likeness (QED) is 0.588. The summed E-state index contributed by atoms with van der Waals surface area (Å²) in [5, 5.41) is 8.76. The van der Waals surface area contributed by atoms with Crippen LogP contribution in [0.3, 0.4) is 0 Å². The summed E-state index contributed by atoms with van der Waals surface area (Å²) in [5.74, 6) is -0.0893. The fraction of sp³-hybridized carbons (Fsp3) is 0.136. The highest BCUT2D eigenvalue weighted by molar-refractivity contribution is 5.94. The zero-order chi connectivity index (χ0) is 18.6. The molecule has 2 heterocycles. The van der Waals surface area contributed by atoms with Crippen LogP contribution in [0.5, 0.6) is 0 Å². The lowest BCUT2D eigenvalue weighted by Crippen LogP contribution is -2.31. The molecule has 0 saturated carbocycles. The molecule has 0 radical (unpaired) electrons. The van der Waals surface area contributed by atoms with Gasteiger partial charge in [0.2, 0.25) is 5.91 Å². The second kappa shape index (κ2) is 7.41. The first-order valence-electron chi connectivity index (χ1n) is 8.94. The average Bonchev–Trinajstić information content (AvgIpc) is 3.12. The summed E-state index contributed by atoms with van der Waals surface area (Å²) >= 11 is 0. The van der Waals surface area contributed by atoms with Gasteiger partial charge in [0.05, 0.1) is 17.8 Å². The molecule has 2 aromatic carbocycles. The molecule has 0 aliphatic rings. The first kappa shape index (κ1) is 17.0. The second-order valence-corrected chi connectivity index (χ2v) is 6.39. The van der Waals surface area contributed by atoms with Crippen LogP contribution in [0.2, 0.25) is 0 Å². The highest BCUT2D eigenvalue weighted by atomic mass is 16.2. The molecule has 0 bridgehead atoms. The molecule has 5 heteroatoms. The maximum absolute atomic E-state index is 12.7. The van der Waals surface area contributed by atoms with Crippen molar-refractivity contribution in [2.75, 3.05) is 0 Å². The van der Waals surface area contributed by atoms with Gasteiger partial charge in [0.25, 0.3) is 0 Å². The predicted molar refractivity (Wildman–Crippen MR) is 106 cm³/mol. The Kier molecular flexibility index (Phi) is 4.66. The Morgan fingerprint density at radius 3 is 2.52 bits per heavy atom. The minimum absolute atomic E-state index is 0.0893. The number of carbonyl (C=O) groups is 1. The topological polar surface area (TPSA) is 59.8 Å². The molecule has 27 heavy (non-hydrogen) atoms. The molecule has 134 valence electrons. The Bertz CT molecular complexity index is 1060. The fourth-order valence-electron chi connectivity index (χ4n) is 3.13. The van der Waals surface area contributed by atoms with E-state index in [1.807, 2.05) is 79.7 Å². The van der Waals surface area contributed by atoms with E-state index in [-0.39, 0.29) is 5.91 Å². The van der Waals surface area contributed by atoms with Gasteiger partial charge in [-0.25, -0.2) is 0 Å². The molecule has 1 N–H and O–H groups in total. The van der Waals surface area contributed by atoms with Crippen molar-refractivity contribution in [1.29, 1.82) is 0 Å². The summed E-state index contributed by atoms with van der Waals surface area (Å²) in [6.45, 7) is 2.26. The smallest absolute Gasteiger partial charge is 0.244 e. The molecule has 0 unspecified atom stereocenters. The number of nitrogens with zero attached hydrogens (tertiary/aromatic N) is 3. The Morgan fingerprint density at radius 1 is 1.00 bits per heavy atom. The number of para-hydroxylation sites is 1. The number of benzene rings is 2. The molecule has 1 amide bonds. The molecule has 2 aromatic heterocycles. The van der Waals surface area contributed by atoms with Gasteiger partial charge in [-0.1, -0.05) is 54.6 Å². The minimum Gasteiger partial charge on any atom is -0.349 e. The molecule has 1 atom stereocenters. The molecular weight excluding hydrogens is 336 g/mol. The van der Waals surface area contributed by atoms with Crippen LogP contribution in [0.25, 0.3) is 22.2 Å². The number of fused-ring (bicyclic) bond motifs is 1. The van der Waals surface area contributed by atoms with Gasteiger partial charge in [-0.05, 0) is 25.1 Å². The van der Waals surface area contributed by atoms with Crippen molar-refractivity contribution in [1.82, 2.24) is 20.1 Å². The summed E-state index contributed by atoms with van der Waals surface area (Å²) in [7, 11) is 0. The van der Waals surface area contributed by atoms with Crippen LogP contribution in [0.4, 0.5) is 0 Å². The van der Waals surface area contributed by atoms with E-state index in [1.165, 1.54) is 0 Å². The van der Waals surface area contributed by atoms with Gasteiger partial charge in [-0.15, -0.1) is 0 Å². The van der Waals surface area contributed by atoms with Crippen molar-refractivity contribution in [3.05, 3.63) is 84.7 Å². The molecule has 5 nitrogen and oxygen atoms in total. The first-order chi connectivity index (χ1) is 13.2. The third-order valence-corrected chi connectivity index (χ3v) is 4.58. The van der Waals surface area contributed by atoms with Crippen molar-refractivity contribution < 1.29 is 4.79 Å². The van der Waals surface area contributed by atoms with Crippen LogP contribution >= 0.6 is 0 Å². The Morgan fingerprint density at radius 2 is 1.74 bits per heavy atom. The van der Waals surface area contributed by atoms with Gasteiger partial charge >= 0.3 is 0 Å². The summed E-state index contributed by atoms with van der Waals surface area (Å²) in [5.41, 5.74) is 3.69. The summed E-state index contributed by atoms with van der Waals surface area (Å²) in [4.78, 5) is 16.9. The molecule has 0 fully saturated rings. The number of hydrogen-bond donors (Lipinski definition) is 1. The van der Waals surface area contributed by atoms with Gasteiger partial charge < -0.3 is 5.32 Å². The zero-order valence-corrected chi connectivity index (χ0v) is 15.0. The minimum atomic E-state index is -0.434. The van der Waals surface area contributed by atoms with Crippen molar-refractivity contribution in [3.63, 3.8) is 0 Å². The summed E-state index contributed by atoms with van der Waals surface area (Å²) < 4.78 is 1.80. The van der Waals surface area contributed by atoms with E-state index >= 15 is 0 Å². The highest BCUT2D eigenvalue weighted by Crippen LogP contribution is 2.29. The fourth-order valence-corrected chi connectivity index (χ4v) is 3.13. The zero-order valence-electron chi connectivity index (χ0n) is 15.0. The van der Waals surface area contributed by atoms with Crippen LogP contribution in [0.1, 0.15) is 18.7 Å². The number of nitrogens with one attached hydrogen (secondary N) is 1. The Hall–Kier alpha value is -3.47. The van der Waals surface area contributed by atoms with Gasteiger partial charge in [0.15, 0.2) is 0 Å². The monoisotopic (exact) mass is 356 g/mol. The van der Waals surface area contributed by atoms with Crippen LogP contribution in [-0.2, 0) is 11.3 Å². The van der Waals surface area contributed by atoms with Crippen LogP contribution < -0.4 is 5.32 Å². The molecular formula is C22H20N4O. The number of amides is 1. The summed E-state index contributed by atoms with van der Waals surface area (Å²) in [6, 6.07) is 23.2. The van der Waals surface area contributed by atoms with Crippen molar-refractivity contribution >= 4 is 16.8 Å². The van der Waals surface area contributed by atoms with E-state index in [1.54, 1.807) is 10.9 Å². The van der Waals surface area contributed by atoms with E-state index in [4.69, 9.17) is 5.10 Å². The highest BCUT2D eigenvalue weighted by Gasteiger charge is 2.20. The van der Waals surface area contributed by atoms with E-state index in [2.05, 4.69) is 10.3 Å². The maximum Gasteiger partial charge on any atom is 0.244 e. The average molecular weight is 356 g/mol. The van der Waals surface area contributed by atoms with Crippen molar-refractivity contribution in [2.45, 2.75) is 19.5 Å². The lowest BCUT2D eigenvalue weighted by molar-refractivity contribution is -0.124. The molecule has 0 spiro atoms. The maximum atomic E-state index is 12.7. The molecule has 4 rings (SSSR count). The van der Waals surface area contributed by atoms with E-state index in [0.717, 1.165) is 27.9 Å². The largest absolute Gasteiger partial charge is 0.349 e. The third kappa shape index (κ3) is 3.44. The van der Waals surface area contributed by atoms with Gasteiger partial charge in [0, 0.05) is 17.1 Å². The van der Waals surface area contributed by atoms with E-state index in [9.17, 15) is 4.79 Å². The SMILES string of the molecule is C[C@@H](C(=O)NCc1ccccn1)n1nc(-c2ccccc2)c2ccccc21. The standard InChI is InChI=1S/C22H20N4O/c1-16(22(27)24-15-18-11-7-8-14-23-18)26-20-13-6-5-12-19(20)21(25-26)17-9-3-2-4-10-17/h2-14,16H,15H2,1H3,(H,24,27)/t16-/m0/s1. The first-order valence-corrected chi connectivity index (χ1v) is 8.94. The lowest BCUT2D eigenvalue weighted by atomic mass is 10.1. The number of carbonyl (C=O) groups excluding carboxylic acids is 1. The Balaban J connectivity index is 1.64. The predicted octanol–water partition coefficient (Wildman–Crippen LogP) is 3.98. The molecule has 0 saturated heterocycles. The van der Waals surface area contributed by atoms with Crippen LogP contribution in [0.15, 0.2) is 79.0 Å². The number of hydrogen-bond acceptors (Lipinski definition) is 3. The van der Waals surface area contributed by atoms with Crippen molar-refractivity contribution in [3.8, 4) is 11.3 Å². The van der Waals surface area contributed by atoms with Crippen LogP contribution in [-0.4, -0.2) is 20.7 Å². The molecule has 0 aliphatic heterocycles. The van der Waals surface area contributed by atoms with E-state index in [0.29, 0.717) is 6.54 Å². The molecule has 4 aromatic rings. The second-order valence-electron chi connectivity index (χ2n) is 6.39. The summed E-state index contributed by atoms with van der Waals surface area (Å²) in [6.07, 6.45) is 1.72. The van der Waals surface area contributed by atoms with E-state index < -0.39 is 6.04 Å². The normalized spacial score (nSPS) is 12.0. The lowest BCUT2D eigenvalue weighted by Gasteiger charge is -2.13. The number of aromatic nitrogens is 3. The van der Waals surface area contributed by atoms with Gasteiger partial charge in [-0.3, -0.25) is 14.5 Å². The Labute approximate surface area is 157 Å². The van der Waals surface area contributed by atoms with Gasteiger partial charge in [-0.2, -0.15) is 5.10 Å². The number of rotatable bonds is 5. The van der Waals surface area contributed by atoms with Crippen LogP contribution in [0, 0.1) is 0 Å². The number of pyridine rings is 1. The van der Waals surface area contributed by atoms with Crippen molar-refractivity contribution in [2.24, 2.45) is 0 Å².